The van der Waals surface area contributed by atoms with Crippen molar-refractivity contribution in [1.82, 2.24) is 9.55 Å². The molecule has 6 rings (SSSR count). The molecule has 0 saturated heterocycles. The van der Waals surface area contributed by atoms with Gasteiger partial charge in [0, 0.05) is 17.7 Å². The Morgan fingerprint density at radius 2 is 1.61 bits per heavy atom. The lowest BCUT2D eigenvalue weighted by molar-refractivity contribution is -0.116. The minimum absolute atomic E-state index is 0.161. The number of carbonyl (C=O) groups excluding carboxylic acids is 1. The fourth-order valence-electron chi connectivity index (χ4n) is 5.05. The highest BCUT2D eigenvalue weighted by atomic mass is 16.1. The van der Waals surface area contributed by atoms with E-state index in [9.17, 15) is 4.79 Å². The van der Waals surface area contributed by atoms with Crippen molar-refractivity contribution >= 4 is 22.8 Å². The average molecular weight is 406 g/mol. The summed E-state index contributed by atoms with van der Waals surface area (Å²) in [6.45, 7) is 2.09. The highest BCUT2D eigenvalue weighted by molar-refractivity contribution is 6.01. The topological polar surface area (TPSA) is 46.9 Å². The molecule has 4 nitrogen and oxygen atoms in total. The number of nitrogens with one attached hydrogen (secondary N) is 1. The van der Waals surface area contributed by atoms with Crippen LogP contribution in [0.4, 0.5) is 5.95 Å². The van der Waals surface area contributed by atoms with Gasteiger partial charge in [-0.15, -0.1) is 0 Å². The lowest BCUT2D eigenvalue weighted by Crippen LogP contribution is -2.33. The molecule has 1 aliphatic heterocycles. The monoisotopic (exact) mass is 405 g/mol. The molecule has 2 heterocycles. The maximum Gasteiger partial charge on any atom is 0.209 e. The number of anilines is 1. The van der Waals surface area contributed by atoms with Crippen molar-refractivity contribution in [3.05, 3.63) is 107 Å². The van der Waals surface area contributed by atoms with Gasteiger partial charge in [0.25, 0.3) is 0 Å². The summed E-state index contributed by atoms with van der Waals surface area (Å²) in [5.74, 6) is 1.22. The number of benzene rings is 3. The van der Waals surface area contributed by atoms with Gasteiger partial charge in [0.2, 0.25) is 5.95 Å². The van der Waals surface area contributed by atoms with Crippen LogP contribution in [0.15, 0.2) is 90.1 Å². The molecular weight excluding hydrogens is 382 g/mol. The van der Waals surface area contributed by atoms with Crippen molar-refractivity contribution in [3.8, 4) is 0 Å². The maximum atomic E-state index is 13.6. The normalized spacial score (nSPS) is 20.4. The molecule has 0 bridgehead atoms. The number of aromatic nitrogens is 2. The van der Waals surface area contributed by atoms with Crippen LogP contribution in [0.5, 0.6) is 0 Å². The predicted molar refractivity (Wildman–Crippen MR) is 123 cm³/mol. The largest absolute Gasteiger partial charge is 0.329 e. The van der Waals surface area contributed by atoms with Gasteiger partial charge in [-0.1, -0.05) is 72.3 Å². The van der Waals surface area contributed by atoms with Gasteiger partial charge in [-0.2, -0.15) is 0 Å². The van der Waals surface area contributed by atoms with Crippen LogP contribution in [0.25, 0.3) is 11.0 Å². The first-order chi connectivity index (χ1) is 15.2. The zero-order chi connectivity index (χ0) is 20.9. The SMILES string of the molecule is Cc1ccc([C@@H]2CC(=O)C3=C(C2)Nc2nc4ccccc4n2[C@@H]3c2ccccc2)cc1. The second-order valence-corrected chi connectivity index (χ2v) is 8.56. The van der Waals surface area contributed by atoms with Crippen molar-refractivity contribution in [3.63, 3.8) is 0 Å². The van der Waals surface area contributed by atoms with Crippen molar-refractivity contribution in [2.75, 3.05) is 5.32 Å². The van der Waals surface area contributed by atoms with Gasteiger partial charge in [0.15, 0.2) is 5.78 Å². The van der Waals surface area contributed by atoms with E-state index in [0.717, 1.165) is 40.2 Å². The highest BCUT2D eigenvalue weighted by Gasteiger charge is 2.39. The van der Waals surface area contributed by atoms with Gasteiger partial charge in [-0.3, -0.25) is 9.36 Å². The fraction of sp³-hybridized carbons (Fsp3) is 0.185. The van der Waals surface area contributed by atoms with E-state index in [4.69, 9.17) is 4.98 Å². The molecule has 152 valence electrons. The number of hydrogen-bond donors (Lipinski definition) is 1. The zero-order valence-electron chi connectivity index (χ0n) is 17.4. The van der Waals surface area contributed by atoms with E-state index in [2.05, 4.69) is 59.3 Å². The Morgan fingerprint density at radius 1 is 0.871 bits per heavy atom. The predicted octanol–water partition coefficient (Wildman–Crippen LogP) is 5.76. The van der Waals surface area contributed by atoms with Crippen LogP contribution in [-0.4, -0.2) is 15.3 Å². The van der Waals surface area contributed by atoms with Crippen LogP contribution in [0.2, 0.25) is 0 Å². The third-order valence-electron chi connectivity index (χ3n) is 6.56. The second-order valence-electron chi connectivity index (χ2n) is 8.56. The second kappa shape index (κ2) is 6.95. The van der Waals surface area contributed by atoms with Crippen LogP contribution < -0.4 is 5.32 Å². The van der Waals surface area contributed by atoms with E-state index >= 15 is 0 Å². The number of nitrogens with zero attached hydrogens (tertiary/aromatic N) is 2. The van der Waals surface area contributed by atoms with Gasteiger partial charge in [0.05, 0.1) is 17.1 Å². The number of aryl methyl sites for hydroxylation is 1. The number of imidazole rings is 1. The number of carbonyl (C=O) groups is 1. The molecule has 4 heteroatoms. The lowest BCUT2D eigenvalue weighted by Gasteiger charge is -2.36. The molecule has 1 aliphatic carbocycles. The molecular formula is C27H23N3O. The molecule has 1 aromatic heterocycles. The smallest absolute Gasteiger partial charge is 0.209 e. The standard InChI is InChI=1S/C27H23N3O/c1-17-11-13-18(14-12-17)20-15-22-25(24(31)16-20)26(19-7-3-2-4-8-19)30-23-10-6-5-9-21(23)28-27(30)29-22/h2-14,20,26H,15-16H2,1H3,(H,28,29)/t20-,26+/m0/s1. The van der Waals surface area contributed by atoms with Gasteiger partial charge in [-0.05, 0) is 42.5 Å². The summed E-state index contributed by atoms with van der Waals surface area (Å²) < 4.78 is 2.19. The van der Waals surface area contributed by atoms with Crippen molar-refractivity contribution in [2.45, 2.75) is 31.7 Å². The molecule has 0 radical (unpaired) electrons. The molecule has 3 aromatic carbocycles. The van der Waals surface area contributed by atoms with E-state index in [1.54, 1.807) is 0 Å². The Labute approximate surface area is 181 Å². The van der Waals surface area contributed by atoms with E-state index in [1.165, 1.54) is 11.1 Å². The third kappa shape index (κ3) is 2.90. The first-order valence-electron chi connectivity index (χ1n) is 10.8. The summed E-state index contributed by atoms with van der Waals surface area (Å²) in [6.07, 6.45) is 1.35. The number of para-hydroxylation sites is 2. The minimum atomic E-state index is -0.161. The number of allylic oxidation sites excluding steroid dienone is 2. The molecule has 0 amide bonds. The number of rotatable bonds is 2. The van der Waals surface area contributed by atoms with Gasteiger partial charge in [-0.25, -0.2) is 4.98 Å². The summed E-state index contributed by atoms with van der Waals surface area (Å²) in [4.78, 5) is 18.5. The van der Waals surface area contributed by atoms with Gasteiger partial charge in [0.1, 0.15) is 0 Å². The van der Waals surface area contributed by atoms with Crippen molar-refractivity contribution in [1.29, 1.82) is 0 Å². The number of ketones is 1. The molecule has 4 aromatic rings. The molecule has 2 aliphatic rings. The van der Waals surface area contributed by atoms with Gasteiger partial charge >= 0.3 is 0 Å². The highest BCUT2D eigenvalue weighted by Crippen LogP contribution is 2.45. The van der Waals surface area contributed by atoms with Crippen LogP contribution in [0, 0.1) is 6.92 Å². The zero-order valence-corrected chi connectivity index (χ0v) is 17.4. The van der Waals surface area contributed by atoms with E-state index in [-0.39, 0.29) is 17.7 Å². The summed E-state index contributed by atoms with van der Waals surface area (Å²) in [6, 6.07) is 26.9. The lowest BCUT2D eigenvalue weighted by atomic mass is 9.77. The summed E-state index contributed by atoms with van der Waals surface area (Å²) in [5, 5.41) is 3.54. The molecule has 0 unspecified atom stereocenters. The third-order valence-corrected chi connectivity index (χ3v) is 6.56. The Kier molecular flexibility index (Phi) is 4.06. The molecule has 1 N–H and O–H groups in total. The van der Waals surface area contributed by atoms with E-state index in [1.807, 2.05) is 36.4 Å². The summed E-state index contributed by atoms with van der Waals surface area (Å²) >= 11 is 0. The van der Waals surface area contributed by atoms with Crippen molar-refractivity contribution < 1.29 is 4.79 Å². The number of fused-ring (bicyclic) bond motifs is 3. The van der Waals surface area contributed by atoms with Gasteiger partial charge < -0.3 is 5.32 Å². The quantitative estimate of drug-likeness (QED) is 0.461. The average Bonchev–Trinajstić information content (AvgIpc) is 3.16. The molecule has 0 spiro atoms. The van der Waals surface area contributed by atoms with Crippen LogP contribution in [0.1, 0.15) is 41.5 Å². The molecule has 0 fully saturated rings. The minimum Gasteiger partial charge on any atom is -0.329 e. The van der Waals surface area contributed by atoms with E-state index in [0.29, 0.717) is 6.42 Å². The maximum absolute atomic E-state index is 13.6. The number of Topliss-reactive ketones (excluding diaryl/α,β-unsaturated/α-hetero) is 1. The summed E-state index contributed by atoms with van der Waals surface area (Å²) in [7, 11) is 0. The van der Waals surface area contributed by atoms with Crippen LogP contribution in [0.3, 0.4) is 0 Å². The Bertz CT molecular complexity index is 1330. The fourth-order valence-corrected chi connectivity index (χ4v) is 5.05. The Hall–Kier alpha value is -3.66. The molecule has 0 saturated carbocycles. The molecule has 31 heavy (non-hydrogen) atoms. The van der Waals surface area contributed by atoms with Crippen LogP contribution >= 0.6 is 0 Å². The summed E-state index contributed by atoms with van der Waals surface area (Å²) in [5.41, 5.74) is 7.45. The van der Waals surface area contributed by atoms with E-state index < -0.39 is 0 Å². The van der Waals surface area contributed by atoms with Crippen LogP contribution in [-0.2, 0) is 4.79 Å². The first-order valence-corrected chi connectivity index (χ1v) is 10.8. The first kappa shape index (κ1) is 18.1. The Balaban J connectivity index is 1.51. The number of hydrogen-bond acceptors (Lipinski definition) is 3. The molecule has 2 atom stereocenters. The Morgan fingerprint density at radius 3 is 2.42 bits per heavy atom. The van der Waals surface area contributed by atoms with Crippen molar-refractivity contribution in [2.24, 2.45) is 0 Å².